The van der Waals surface area contributed by atoms with Gasteiger partial charge >= 0.3 is 0 Å². The van der Waals surface area contributed by atoms with Gasteiger partial charge in [0.15, 0.2) is 0 Å². The first-order chi connectivity index (χ1) is 4.56. The molecule has 0 spiro atoms. The Balaban J connectivity index is 0. The Labute approximate surface area is 67.6 Å². The van der Waals surface area contributed by atoms with Crippen molar-refractivity contribution in [3.63, 3.8) is 0 Å². The third-order valence-electron chi connectivity index (χ3n) is 1.05. The first kappa shape index (κ1) is 13.2. The summed E-state index contributed by atoms with van der Waals surface area (Å²) in [7, 11) is -3.99. The first-order valence-corrected chi connectivity index (χ1v) is 4.68. The zero-order valence-corrected chi connectivity index (χ0v) is 7.56. The molecular weight excluding hydrogens is 166 g/mol. The smallest absolute Gasteiger partial charge is 0.0945 e. The van der Waals surface area contributed by atoms with Gasteiger partial charge in [0.25, 0.3) is 0 Å². The van der Waals surface area contributed by atoms with Gasteiger partial charge in [0.05, 0.1) is 10.1 Å². The molecule has 0 rings (SSSR count). The molecule has 4 nitrogen and oxygen atoms in total. The lowest BCUT2D eigenvalue weighted by molar-refractivity contribution is 0.460. The summed E-state index contributed by atoms with van der Waals surface area (Å²) in [5.74, 6) is -0.249. The summed E-state index contributed by atoms with van der Waals surface area (Å²) < 4.78 is 30.0. The highest BCUT2D eigenvalue weighted by Gasteiger charge is 1.92. The number of hydrogen-bond donors (Lipinski definition) is 1. The Bertz CT molecular complexity index is 186. The second kappa shape index (κ2) is 6.33. The summed E-state index contributed by atoms with van der Waals surface area (Å²) >= 11 is 0. The van der Waals surface area contributed by atoms with Crippen molar-refractivity contribution in [1.82, 2.24) is 6.15 Å². The maximum Gasteiger partial charge on any atom is 0.0945 e. The summed E-state index contributed by atoms with van der Waals surface area (Å²) in [6, 6.07) is 0. The lowest BCUT2D eigenvalue weighted by Crippen LogP contribution is -2.03. The molecule has 0 saturated carbocycles. The molecule has 11 heavy (non-hydrogen) atoms. The van der Waals surface area contributed by atoms with Crippen LogP contribution in [0.25, 0.3) is 0 Å². The summed E-state index contributed by atoms with van der Waals surface area (Å²) in [4.78, 5) is 0. The van der Waals surface area contributed by atoms with Crippen LogP contribution in [0.3, 0.4) is 0 Å². The maximum atomic E-state index is 10.0. The number of allylic oxidation sites excluding steroid dienone is 1. The van der Waals surface area contributed by atoms with E-state index in [1.807, 2.05) is 0 Å². The van der Waals surface area contributed by atoms with E-state index in [2.05, 4.69) is 6.58 Å². The van der Waals surface area contributed by atoms with E-state index in [1.165, 1.54) is 0 Å². The largest absolute Gasteiger partial charge is 0.748 e. The molecule has 0 aliphatic heterocycles. The second-order valence-electron chi connectivity index (χ2n) is 2.05. The van der Waals surface area contributed by atoms with Gasteiger partial charge in [-0.2, -0.15) is 0 Å². The summed E-state index contributed by atoms with van der Waals surface area (Å²) in [6.07, 6.45) is 3.65. The van der Waals surface area contributed by atoms with Crippen molar-refractivity contribution in [2.45, 2.75) is 19.3 Å². The molecule has 0 aromatic rings. The van der Waals surface area contributed by atoms with Gasteiger partial charge < -0.3 is 10.7 Å². The monoisotopic (exact) mass is 181 g/mol. The van der Waals surface area contributed by atoms with Gasteiger partial charge in [0.2, 0.25) is 0 Å². The molecule has 4 N–H and O–H groups in total. The maximum absolute atomic E-state index is 10.0. The van der Waals surface area contributed by atoms with Gasteiger partial charge in [-0.05, 0) is 19.3 Å². The Morgan fingerprint density at radius 1 is 1.36 bits per heavy atom. The fraction of sp³-hybridized carbons (Fsp3) is 0.667. The van der Waals surface area contributed by atoms with Crippen molar-refractivity contribution in [2.75, 3.05) is 5.75 Å². The third kappa shape index (κ3) is 12.7. The molecule has 0 unspecified atom stereocenters. The normalized spacial score (nSPS) is 10.3. The average molecular weight is 181 g/mol. The molecule has 0 atom stereocenters. The van der Waals surface area contributed by atoms with Crippen LogP contribution >= 0.6 is 0 Å². The lowest BCUT2D eigenvalue weighted by atomic mass is 10.2. The molecule has 68 valence electrons. The van der Waals surface area contributed by atoms with E-state index >= 15 is 0 Å². The third-order valence-corrected chi connectivity index (χ3v) is 1.84. The van der Waals surface area contributed by atoms with Crippen molar-refractivity contribution in [3.8, 4) is 0 Å². The van der Waals surface area contributed by atoms with Gasteiger partial charge in [0, 0.05) is 5.75 Å². The van der Waals surface area contributed by atoms with Gasteiger partial charge in [0.1, 0.15) is 0 Å². The Morgan fingerprint density at radius 3 is 2.27 bits per heavy atom. The average Bonchev–Trinajstić information content (AvgIpc) is 1.78. The van der Waals surface area contributed by atoms with Crippen LogP contribution in [0.5, 0.6) is 0 Å². The quantitative estimate of drug-likeness (QED) is 0.393. The molecular formula is C6H15NO3S. The number of unbranched alkanes of at least 4 members (excludes halogenated alkanes) is 2. The van der Waals surface area contributed by atoms with Crippen molar-refractivity contribution >= 4 is 10.1 Å². The minimum atomic E-state index is -3.99. The predicted octanol–water partition coefficient (Wildman–Crippen LogP) is 1.26. The van der Waals surface area contributed by atoms with Gasteiger partial charge in [-0.3, -0.25) is 0 Å². The standard InChI is InChI=1S/C6H12O3S.H3N/c1-2-3-4-5-6-10(7,8)9;/h2H,1,3-6H2,(H,7,8,9);1H3. The van der Waals surface area contributed by atoms with Crippen LogP contribution in [0.2, 0.25) is 0 Å². The van der Waals surface area contributed by atoms with Crippen LogP contribution < -0.4 is 6.15 Å². The van der Waals surface area contributed by atoms with Gasteiger partial charge in [-0.15, -0.1) is 6.58 Å². The minimum absolute atomic E-state index is 0. The molecule has 0 amide bonds. The number of rotatable bonds is 5. The first-order valence-electron chi connectivity index (χ1n) is 3.11. The van der Waals surface area contributed by atoms with E-state index in [9.17, 15) is 13.0 Å². The van der Waals surface area contributed by atoms with Crippen LogP contribution in [0.15, 0.2) is 12.7 Å². The fourth-order valence-electron chi connectivity index (χ4n) is 0.568. The van der Waals surface area contributed by atoms with E-state index in [4.69, 9.17) is 0 Å². The van der Waals surface area contributed by atoms with Crippen molar-refractivity contribution in [3.05, 3.63) is 12.7 Å². The zero-order chi connectivity index (χ0) is 8.04. The predicted molar refractivity (Wildman–Crippen MR) is 44.6 cm³/mol. The number of quaternary nitrogens is 1. The highest BCUT2D eigenvalue weighted by atomic mass is 32.2. The fourth-order valence-corrected chi connectivity index (χ4v) is 1.13. The Kier molecular flexibility index (Phi) is 7.60. The molecule has 0 radical (unpaired) electrons. The van der Waals surface area contributed by atoms with Gasteiger partial charge in [-0.25, -0.2) is 8.42 Å². The molecule has 0 aromatic heterocycles. The summed E-state index contributed by atoms with van der Waals surface area (Å²) in [6.45, 7) is 3.47. The van der Waals surface area contributed by atoms with Crippen LogP contribution in [0, 0.1) is 0 Å². The van der Waals surface area contributed by atoms with E-state index in [0.717, 1.165) is 12.8 Å². The molecule has 0 aliphatic carbocycles. The van der Waals surface area contributed by atoms with E-state index in [0.29, 0.717) is 6.42 Å². The molecule has 0 heterocycles. The van der Waals surface area contributed by atoms with Crippen LogP contribution in [0.4, 0.5) is 0 Å². The van der Waals surface area contributed by atoms with Crippen LogP contribution in [0.1, 0.15) is 19.3 Å². The second-order valence-corrected chi connectivity index (χ2v) is 3.57. The Morgan fingerprint density at radius 2 is 1.91 bits per heavy atom. The van der Waals surface area contributed by atoms with Crippen molar-refractivity contribution < 1.29 is 13.0 Å². The van der Waals surface area contributed by atoms with E-state index in [1.54, 1.807) is 6.08 Å². The highest BCUT2D eigenvalue weighted by molar-refractivity contribution is 7.85. The van der Waals surface area contributed by atoms with Gasteiger partial charge in [-0.1, -0.05) is 6.08 Å². The molecule has 5 heteroatoms. The van der Waals surface area contributed by atoms with Crippen LogP contribution in [-0.4, -0.2) is 18.7 Å². The molecule has 0 aliphatic rings. The summed E-state index contributed by atoms with van der Waals surface area (Å²) in [5.41, 5.74) is 0. The SMILES string of the molecule is C=CCCCCS(=O)(=O)[O-].[NH4+]. The molecule has 0 saturated heterocycles. The number of hydrogen-bond acceptors (Lipinski definition) is 3. The van der Waals surface area contributed by atoms with Crippen molar-refractivity contribution in [1.29, 1.82) is 0 Å². The Hall–Kier alpha value is -0.390. The van der Waals surface area contributed by atoms with E-state index < -0.39 is 10.1 Å². The van der Waals surface area contributed by atoms with Crippen LogP contribution in [-0.2, 0) is 10.1 Å². The zero-order valence-electron chi connectivity index (χ0n) is 6.75. The van der Waals surface area contributed by atoms with E-state index in [-0.39, 0.29) is 11.9 Å². The summed E-state index contributed by atoms with van der Waals surface area (Å²) in [5, 5.41) is 0. The topological polar surface area (TPSA) is 93.7 Å². The minimum Gasteiger partial charge on any atom is -0.748 e. The lowest BCUT2D eigenvalue weighted by Gasteiger charge is -2.04. The molecule has 0 bridgehead atoms. The highest BCUT2D eigenvalue weighted by Crippen LogP contribution is 1.97. The molecule has 0 fully saturated rings. The van der Waals surface area contributed by atoms with Crippen molar-refractivity contribution in [2.24, 2.45) is 0 Å². The molecule has 0 aromatic carbocycles.